The SMILES string of the molecule is O=C(Cc1cccs1)N1CCCC[C@@H]1c1nccs1. The van der Waals surface area contributed by atoms with Gasteiger partial charge in [0, 0.05) is 23.0 Å². The topological polar surface area (TPSA) is 33.2 Å². The Kier molecular flexibility index (Phi) is 3.94. The lowest BCUT2D eigenvalue weighted by Crippen LogP contribution is -2.39. The molecule has 1 amide bonds. The van der Waals surface area contributed by atoms with Crippen molar-refractivity contribution in [2.75, 3.05) is 6.54 Å². The van der Waals surface area contributed by atoms with Crippen molar-refractivity contribution in [2.24, 2.45) is 0 Å². The van der Waals surface area contributed by atoms with Gasteiger partial charge in [0.1, 0.15) is 5.01 Å². The Balaban J connectivity index is 1.75. The van der Waals surface area contributed by atoms with Crippen molar-refractivity contribution < 1.29 is 4.79 Å². The van der Waals surface area contributed by atoms with Crippen LogP contribution in [0.5, 0.6) is 0 Å². The zero-order valence-electron chi connectivity index (χ0n) is 10.6. The van der Waals surface area contributed by atoms with E-state index >= 15 is 0 Å². The Morgan fingerprint density at radius 2 is 2.32 bits per heavy atom. The molecule has 1 saturated heterocycles. The van der Waals surface area contributed by atoms with Crippen LogP contribution in [0.1, 0.15) is 35.2 Å². The Morgan fingerprint density at radius 3 is 3.05 bits per heavy atom. The maximum Gasteiger partial charge on any atom is 0.228 e. The number of hydrogen-bond donors (Lipinski definition) is 0. The smallest absolute Gasteiger partial charge is 0.228 e. The second-order valence-electron chi connectivity index (χ2n) is 4.73. The van der Waals surface area contributed by atoms with E-state index in [2.05, 4.69) is 4.98 Å². The zero-order chi connectivity index (χ0) is 13.1. The molecule has 1 fully saturated rings. The number of nitrogens with zero attached hydrogens (tertiary/aromatic N) is 2. The standard InChI is InChI=1S/C14H16N2OS2/c17-13(10-11-4-3-8-18-11)16-7-2-1-5-12(16)14-15-6-9-19-14/h3-4,6,8-9,12H,1-2,5,7,10H2/t12-/m1/s1. The van der Waals surface area contributed by atoms with Crippen molar-refractivity contribution in [2.45, 2.75) is 31.7 Å². The number of aromatic nitrogens is 1. The summed E-state index contributed by atoms with van der Waals surface area (Å²) in [7, 11) is 0. The van der Waals surface area contributed by atoms with E-state index in [1.165, 1.54) is 6.42 Å². The average molecular weight is 292 g/mol. The highest BCUT2D eigenvalue weighted by atomic mass is 32.1. The number of carbonyl (C=O) groups excluding carboxylic acids is 1. The molecule has 2 aromatic heterocycles. The third-order valence-corrected chi connectivity index (χ3v) is 5.22. The van der Waals surface area contributed by atoms with E-state index in [0.717, 1.165) is 29.3 Å². The summed E-state index contributed by atoms with van der Waals surface area (Å²) >= 11 is 3.31. The third kappa shape index (κ3) is 2.87. The van der Waals surface area contributed by atoms with Crippen LogP contribution in [0.25, 0.3) is 0 Å². The molecule has 100 valence electrons. The minimum Gasteiger partial charge on any atom is -0.333 e. The van der Waals surface area contributed by atoms with Crippen molar-refractivity contribution in [1.29, 1.82) is 0 Å². The van der Waals surface area contributed by atoms with Crippen molar-refractivity contribution in [3.63, 3.8) is 0 Å². The maximum atomic E-state index is 12.5. The molecule has 1 aliphatic rings. The van der Waals surface area contributed by atoms with Gasteiger partial charge in [-0.2, -0.15) is 0 Å². The summed E-state index contributed by atoms with van der Waals surface area (Å²) in [5.74, 6) is 0.238. The Labute approximate surface area is 120 Å². The van der Waals surface area contributed by atoms with Gasteiger partial charge in [-0.05, 0) is 30.7 Å². The molecule has 1 aliphatic heterocycles. The second-order valence-corrected chi connectivity index (χ2v) is 6.68. The Hall–Kier alpha value is -1.20. The van der Waals surface area contributed by atoms with E-state index in [9.17, 15) is 4.79 Å². The molecule has 0 unspecified atom stereocenters. The first-order chi connectivity index (χ1) is 9.34. The molecule has 0 bridgehead atoms. The molecule has 0 radical (unpaired) electrons. The van der Waals surface area contributed by atoms with Gasteiger partial charge in [-0.25, -0.2) is 4.98 Å². The van der Waals surface area contributed by atoms with E-state index in [1.807, 2.05) is 34.0 Å². The number of likely N-dealkylation sites (tertiary alicyclic amines) is 1. The van der Waals surface area contributed by atoms with E-state index in [4.69, 9.17) is 0 Å². The monoisotopic (exact) mass is 292 g/mol. The highest BCUT2D eigenvalue weighted by molar-refractivity contribution is 7.10. The van der Waals surface area contributed by atoms with Crippen LogP contribution in [-0.4, -0.2) is 22.3 Å². The predicted molar refractivity (Wildman–Crippen MR) is 78.4 cm³/mol. The minimum absolute atomic E-state index is 0.196. The van der Waals surface area contributed by atoms with Crippen LogP contribution in [0, 0.1) is 0 Å². The number of amides is 1. The largest absolute Gasteiger partial charge is 0.333 e. The van der Waals surface area contributed by atoms with Crippen LogP contribution in [0.15, 0.2) is 29.1 Å². The van der Waals surface area contributed by atoms with Crippen LogP contribution in [0.3, 0.4) is 0 Å². The third-order valence-electron chi connectivity index (χ3n) is 3.47. The quantitative estimate of drug-likeness (QED) is 0.867. The number of carbonyl (C=O) groups is 1. The molecule has 3 rings (SSSR count). The number of thiazole rings is 1. The molecule has 19 heavy (non-hydrogen) atoms. The van der Waals surface area contributed by atoms with Gasteiger partial charge in [0.25, 0.3) is 0 Å². The first kappa shape index (κ1) is 12.8. The van der Waals surface area contributed by atoms with Gasteiger partial charge < -0.3 is 4.90 Å². The molecule has 0 saturated carbocycles. The summed E-state index contributed by atoms with van der Waals surface area (Å²) < 4.78 is 0. The Morgan fingerprint density at radius 1 is 1.37 bits per heavy atom. The highest BCUT2D eigenvalue weighted by Crippen LogP contribution is 2.32. The summed E-state index contributed by atoms with van der Waals surface area (Å²) in [6.45, 7) is 0.869. The number of piperidine rings is 1. The highest BCUT2D eigenvalue weighted by Gasteiger charge is 2.29. The molecule has 3 heterocycles. The molecular weight excluding hydrogens is 276 g/mol. The van der Waals surface area contributed by atoms with Crippen LogP contribution < -0.4 is 0 Å². The van der Waals surface area contributed by atoms with Gasteiger partial charge in [0.05, 0.1) is 12.5 Å². The van der Waals surface area contributed by atoms with Crippen molar-refractivity contribution in [3.8, 4) is 0 Å². The van der Waals surface area contributed by atoms with Crippen LogP contribution in [0.2, 0.25) is 0 Å². The predicted octanol–water partition coefficient (Wildman–Crippen LogP) is 3.50. The van der Waals surface area contributed by atoms with Crippen molar-refractivity contribution in [1.82, 2.24) is 9.88 Å². The molecule has 2 aromatic rings. The summed E-state index contributed by atoms with van der Waals surface area (Å²) in [6.07, 6.45) is 5.70. The summed E-state index contributed by atoms with van der Waals surface area (Å²) in [5, 5.41) is 5.10. The van der Waals surface area contributed by atoms with Crippen molar-refractivity contribution >= 4 is 28.6 Å². The van der Waals surface area contributed by atoms with Gasteiger partial charge in [0.2, 0.25) is 5.91 Å². The first-order valence-electron chi connectivity index (χ1n) is 6.56. The van der Waals surface area contributed by atoms with E-state index in [0.29, 0.717) is 6.42 Å². The van der Waals surface area contributed by atoms with Gasteiger partial charge in [0.15, 0.2) is 0 Å². The molecule has 0 aromatic carbocycles. The van der Waals surface area contributed by atoms with E-state index in [1.54, 1.807) is 22.7 Å². The minimum atomic E-state index is 0.196. The molecule has 3 nitrogen and oxygen atoms in total. The summed E-state index contributed by atoms with van der Waals surface area (Å²) in [6, 6.07) is 4.23. The van der Waals surface area contributed by atoms with Gasteiger partial charge in [-0.15, -0.1) is 22.7 Å². The average Bonchev–Trinajstić information content (AvgIpc) is 3.11. The van der Waals surface area contributed by atoms with Gasteiger partial charge in [-0.3, -0.25) is 4.79 Å². The zero-order valence-corrected chi connectivity index (χ0v) is 12.3. The van der Waals surface area contributed by atoms with Gasteiger partial charge >= 0.3 is 0 Å². The van der Waals surface area contributed by atoms with Crippen LogP contribution in [-0.2, 0) is 11.2 Å². The summed E-state index contributed by atoms with van der Waals surface area (Å²) in [4.78, 5) is 20.1. The lowest BCUT2D eigenvalue weighted by atomic mass is 10.0. The maximum absolute atomic E-state index is 12.5. The lowest BCUT2D eigenvalue weighted by molar-refractivity contribution is -0.134. The number of thiophene rings is 1. The van der Waals surface area contributed by atoms with E-state index in [-0.39, 0.29) is 11.9 Å². The molecule has 0 N–H and O–H groups in total. The summed E-state index contributed by atoms with van der Waals surface area (Å²) in [5.41, 5.74) is 0. The molecule has 1 atom stereocenters. The normalized spacial score (nSPS) is 19.6. The van der Waals surface area contributed by atoms with E-state index < -0.39 is 0 Å². The number of hydrogen-bond acceptors (Lipinski definition) is 4. The second kappa shape index (κ2) is 5.84. The lowest BCUT2D eigenvalue weighted by Gasteiger charge is -2.34. The molecule has 0 spiro atoms. The van der Waals surface area contributed by atoms with Gasteiger partial charge in [-0.1, -0.05) is 6.07 Å². The Bertz CT molecular complexity index is 522. The fraction of sp³-hybridized carbons (Fsp3) is 0.429. The fourth-order valence-electron chi connectivity index (χ4n) is 2.55. The first-order valence-corrected chi connectivity index (χ1v) is 8.32. The molecular formula is C14H16N2OS2. The fourth-order valence-corrected chi connectivity index (χ4v) is 4.03. The van der Waals surface area contributed by atoms with Crippen LogP contribution in [0.4, 0.5) is 0 Å². The molecule has 0 aliphatic carbocycles. The van der Waals surface area contributed by atoms with Crippen LogP contribution >= 0.6 is 22.7 Å². The number of rotatable bonds is 3. The molecule has 5 heteroatoms. The van der Waals surface area contributed by atoms with Crippen molar-refractivity contribution in [3.05, 3.63) is 39.0 Å².